The van der Waals surface area contributed by atoms with Crippen LogP contribution in [-0.2, 0) is 28.6 Å². The Morgan fingerprint density at radius 1 is 0.778 bits per heavy atom. The van der Waals surface area contributed by atoms with Crippen LogP contribution in [0.25, 0.3) is 5.57 Å². The van der Waals surface area contributed by atoms with E-state index in [2.05, 4.69) is 76.5 Å². The predicted octanol–water partition coefficient (Wildman–Crippen LogP) is 11.0. The van der Waals surface area contributed by atoms with Gasteiger partial charge in [0.2, 0.25) is 5.91 Å². The van der Waals surface area contributed by atoms with E-state index in [1.165, 1.54) is 36.0 Å². The number of allylic oxidation sites excluding steroid dienone is 3. The Kier molecular flexibility index (Phi) is 13.8. The van der Waals surface area contributed by atoms with Gasteiger partial charge in [-0.3, -0.25) is 14.4 Å². The molecule has 1 amide bonds. The van der Waals surface area contributed by atoms with Gasteiger partial charge in [-0.25, -0.2) is 4.79 Å². The standard InChI is InChI=1S/C54H82N2O7/c1-35(2)38-23-28-54(47(60)55-31-32-56(14)33-34-61-43(57)21-22-44(58)62-48(3,4)5)30-29-52(12)40(45(38)54)19-20-42-51(11)26-24-39(50(9,10)41(51)25-27-53(42,52)13)36-15-17-37(18-16-36)46(59)63-49(6,7)8/h15-18,24,38,40-42,45H,1,19-23,25-34H2,2-14H3,(H,55,60). The normalized spacial score (nSPS) is 33.4. The zero-order valence-electron chi connectivity index (χ0n) is 41.4. The molecule has 4 fully saturated rings. The van der Waals surface area contributed by atoms with E-state index < -0.39 is 23.1 Å². The lowest BCUT2D eigenvalue weighted by molar-refractivity contribution is -0.225. The van der Waals surface area contributed by atoms with Gasteiger partial charge in [0.15, 0.2) is 0 Å². The number of nitrogens with zero attached hydrogens (tertiary/aromatic N) is 1. The molecule has 5 aliphatic rings. The first-order valence-corrected chi connectivity index (χ1v) is 24.2. The zero-order chi connectivity index (χ0) is 46.6. The Hall–Kier alpha value is -3.46. The van der Waals surface area contributed by atoms with Crippen LogP contribution >= 0.6 is 0 Å². The average molecular weight is 871 g/mol. The fourth-order valence-corrected chi connectivity index (χ4v) is 14.4. The fourth-order valence-electron chi connectivity index (χ4n) is 14.4. The lowest BCUT2D eigenvalue weighted by Crippen LogP contribution is -2.66. The number of hydrogen-bond donors (Lipinski definition) is 1. The molecule has 0 saturated heterocycles. The Labute approximate surface area is 380 Å². The van der Waals surface area contributed by atoms with Crippen molar-refractivity contribution in [1.82, 2.24) is 10.2 Å². The molecule has 0 heterocycles. The minimum atomic E-state index is -0.584. The number of ether oxygens (including phenoxy) is 3. The molecule has 63 heavy (non-hydrogen) atoms. The summed E-state index contributed by atoms with van der Waals surface area (Å²) in [7, 11) is 1.98. The molecule has 1 aromatic rings. The molecule has 0 bridgehead atoms. The van der Waals surface area contributed by atoms with Gasteiger partial charge in [-0.1, -0.05) is 65.0 Å². The maximum Gasteiger partial charge on any atom is 0.338 e. The van der Waals surface area contributed by atoms with Crippen molar-refractivity contribution in [2.45, 2.75) is 165 Å². The smallest absolute Gasteiger partial charge is 0.338 e. The van der Waals surface area contributed by atoms with Crippen LogP contribution in [0.4, 0.5) is 0 Å². The van der Waals surface area contributed by atoms with Crippen LogP contribution < -0.4 is 5.32 Å². The molecule has 9 nitrogen and oxygen atoms in total. The first kappa shape index (κ1) is 49.0. The van der Waals surface area contributed by atoms with Gasteiger partial charge in [-0.15, -0.1) is 0 Å². The lowest BCUT2D eigenvalue weighted by atomic mass is 9.32. The SMILES string of the molecule is C=C(C)C1CCC2(C(=O)NCCN(C)CCOC(=O)CCC(=O)OC(C)(C)C)CCC3(C)C(CCC4C5(C)CC=C(c6ccc(C(=O)OC(C)(C)C)cc6)C(C)(C)C5CCC43C)C12. The quantitative estimate of drug-likeness (QED) is 0.119. The monoisotopic (exact) mass is 871 g/mol. The van der Waals surface area contributed by atoms with Gasteiger partial charge < -0.3 is 24.4 Å². The Bertz CT molecular complexity index is 1940. The van der Waals surface area contributed by atoms with E-state index in [0.29, 0.717) is 48.9 Å². The molecule has 9 unspecified atom stereocenters. The Balaban J connectivity index is 1.12. The molecule has 0 aliphatic heterocycles. The summed E-state index contributed by atoms with van der Waals surface area (Å²) < 4.78 is 16.3. The van der Waals surface area contributed by atoms with E-state index in [-0.39, 0.29) is 64.3 Å². The molecular formula is C54H82N2O7. The molecule has 9 heteroatoms. The molecule has 0 radical (unpaired) electrons. The molecule has 0 spiro atoms. The average Bonchev–Trinajstić information content (AvgIpc) is 3.57. The van der Waals surface area contributed by atoms with Gasteiger partial charge in [-0.05, 0) is 188 Å². The summed E-state index contributed by atoms with van der Waals surface area (Å²) in [5.41, 5.74) is 3.32. The minimum absolute atomic E-state index is 0.000960. The van der Waals surface area contributed by atoms with Crippen molar-refractivity contribution >= 4 is 29.4 Å². The van der Waals surface area contributed by atoms with Crippen molar-refractivity contribution in [1.29, 1.82) is 0 Å². The number of amides is 1. The molecule has 350 valence electrons. The van der Waals surface area contributed by atoms with Crippen LogP contribution in [0.3, 0.4) is 0 Å². The van der Waals surface area contributed by atoms with Gasteiger partial charge in [0.1, 0.15) is 17.8 Å². The fraction of sp³-hybridized carbons (Fsp3) is 0.741. The van der Waals surface area contributed by atoms with E-state index in [4.69, 9.17) is 14.2 Å². The van der Waals surface area contributed by atoms with Crippen LogP contribution in [-0.4, -0.2) is 73.2 Å². The van der Waals surface area contributed by atoms with Gasteiger partial charge >= 0.3 is 17.9 Å². The van der Waals surface area contributed by atoms with Crippen molar-refractivity contribution < 1.29 is 33.4 Å². The molecule has 9 atom stereocenters. The molecule has 0 aromatic heterocycles. The third-order valence-corrected chi connectivity index (χ3v) is 17.4. The van der Waals surface area contributed by atoms with Crippen molar-refractivity contribution in [3.63, 3.8) is 0 Å². The number of nitrogens with one attached hydrogen (secondary N) is 1. The van der Waals surface area contributed by atoms with Crippen LogP contribution in [0.1, 0.15) is 170 Å². The highest BCUT2D eigenvalue weighted by molar-refractivity contribution is 5.90. The van der Waals surface area contributed by atoms with Gasteiger partial charge in [0.25, 0.3) is 0 Å². The second-order valence-corrected chi connectivity index (χ2v) is 23.8. The Morgan fingerprint density at radius 2 is 1.43 bits per heavy atom. The van der Waals surface area contributed by atoms with Crippen LogP contribution in [0.15, 0.2) is 42.5 Å². The van der Waals surface area contributed by atoms with E-state index in [0.717, 1.165) is 38.5 Å². The molecule has 5 aliphatic carbocycles. The number of hydrogen-bond acceptors (Lipinski definition) is 8. The number of esters is 3. The van der Waals surface area contributed by atoms with E-state index in [9.17, 15) is 19.2 Å². The predicted molar refractivity (Wildman–Crippen MR) is 250 cm³/mol. The lowest BCUT2D eigenvalue weighted by Gasteiger charge is -2.72. The zero-order valence-corrected chi connectivity index (χ0v) is 41.4. The van der Waals surface area contributed by atoms with E-state index in [1.54, 1.807) is 20.8 Å². The minimum Gasteiger partial charge on any atom is -0.464 e. The molecular weight excluding hydrogens is 789 g/mol. The van der Waals surface area contributed by atoms with Crippen LogP contribution in [0.5, 0.6) is 0 Å². The number of carbonyl (C=O) groups is 4. The topological polar surface area (TPSA) is 111 Å². The van der Waals surface area contributed by atoms with Crippen LogP contribution in [0.2, 0.25) is 0 Å². The van der Waals surface area contributed by atoms with Crippen molar-refractivity contribution in [3.8, 4) is 0 Å². The summed E-state index contributed by atoms with van der Waals surface area (Å²) in [4.78, 5) is 53.8. The van der Waals surface area contributed by atoms with Gasteiger partial charge in [0, 0.05) is 19.6 Å². The van der Waals surface area contributed by atoms with Crippen molar-refractivity contribution in [2.24, 2.45) is 56.7 Å². The summed E-state index contributed by atoms with van der Waals surface area (Å²) in [6, 6.07) is 8.10. The highest BCUT2D eigenvalue weighted by Crippen LogP contribution is 2.77. The third-order valence-electron chi connectivity index (χ3n) is 17.4. The second kappa shape index (κ2) is 17.7. The first-order valence-electron chi connectivity index (χ1n) is 24.2. The van der Waals surface area contributed by atoms with Gasteiger partial charge in [0.05, 0.1) is 23.8 Å². The maximum absolute atomic E-state index is 14.7. The summed E-state index contributed by atoms with van der Waals surface area (Å²) in [5, 5.41) is 3.42. The molecule has 1 N–H and O–H groups in total. The summed E-state index contributed by atoms with van der Waals surface area (Å²) in [6.45, 7) is 32.6. The van der Waals surface area contributed by atoms with Crippen molar-refractivity contribution in [3.05, 3.63) is 53.6 Å². The molecule has 6 rings (SSSR count). The first-order chi connectivity index (χ1) is 29.2. The summed E-state index contributed by atoms with van der Waals surface area (Å²) >= 11 is 0. The largest absolute Gasteiger partial charge is 0.464 e. The summed E-state index contributed by atoms with van der Waals surface area (Å²) in [6.07, 6.45) is 12.3. The van der Waals surface area contributed by atoms with E-state index >= 15 is 0 Å². The number of rotatable bonds is 13. The third kappa shape index (κ3) is 9.47. The van der Waals surface area contributed by atoms with Crippen molar-refractivity contribution in [2.75, 3.05) is 33.3 Å². The van der Waals surface area contributed by atoms with Gasteiger partial charge in [-0.2, -0.15) is 0 Å². The highest BCUT2D eigenvalue weighted by Gasteiger charge is 2.71. The number of carbonyl (C=O) groups excluding carboxylic acids is 4. The van der Waals surface area contributed by atoms with Crippen LogP contribution in [0, 0.1) is 56.7 Å². The summed E-state index contributed by atoms with van der Waals surface area (Å²) in [5.74, 6) is 1.33. The highest BCUT2D eigenvalue weighted by atomic mass is 16.6. The Morgan fingerprint density at radius 3 is 2.06 bits per heavy atom. The maximum atomic E-state index is 14.7. The number of benzene rings is 1. The molecule has 4 saturated carbocycles. The molecule has 1 aromatic carbocycles. The number of fused-ring (bicyclic) bond motifs is 7. The van der Waals surface area contributed by atoms with E-state index in [1.807, 2.05) is 40.0 Å². The second-order valence-electron chi connectivity index (χ2n) is 23.8. The number of likely N-dealkylation sites (N-methyl/N-ethyl adjacent to an activating group) is 1.